The number of carbonyl (C=O) groups is 1. The van der Waals surface area contributed by atoms with Gasteiger partial charge >= 0.3 is 5.97 Å². The van der Waals surface area contributed by atoms with E-state index >= 15 is 0 Å². The summed E-state index contributed by atoms with van der Waals surface area (Å²) in [6.07, 6.45) is 17.9. The quantitative estimate of drug-likeness (QED) is 0.309. The second-order valence-corrected chi connectivity index (χ2v) is 4.33. The second-order valence-electron chi connectivity index (χ2n) is 4.33. The molecule has 0 bridgehead atoms. The molecule has 0 saturated heterocycles. The first kappa shape index (κ1) is 16.0. The average Bonchev–Trinajstić information content (AvgIpc) is 2.30. The number of esters is 1. The number of ether oxygens (including phenoxy) is 1. The Morgan fingerprint density at radius 1 is 1.06 bits per heavy atom. The van der Waals surface area contributed by atoms with Gasteiger partial charge in [0.2, 0.25) is 0 Å². The SMILES string of the molecule is C#C[CH]CCCCCCCCCCOC(C)=O. The molecule has 0 aliphatic carbocycles. The molecule has 0 heterocycles. The smallest absolute Gasteiger partial charge is 0.302 e. The number of rotatable bonds is 11. The van der Waals surface area contributed by atoms with Gasteiger partial charge in [0, 0.05) is 13.3 Å². The average molecular weight is 237 g/mol. The van der Waals surface area contributed by atoms with Crippen molar-refractivity contribution < 1.29 is 9.53 Å². The molecular formula is C15H25O2. The zero-order chi connectivity index (χ0) is 12.8. The van der Waals surface area contributed by atoms with Gasteiger partial charge in [0.05, 0.1) is 6.61 Å². The molecular weight excluding hydrogens is 212 g/mol. The van der Waals surface area contributed by atoms with Crippen molar-refractivity contribution in [2.24, 2.45) is 0 Å². The van der Waals surface area contributed by atoms with E-state index in [4.69, 9.17) is 11.2 Å². The van der Waals surface area contributed by atoms with Gasteiger partial charge in [-0.25, -0.2) is 0 Å². The molecule has 0 aliphatic heterocycles. The highest BCUT2D eigenvalue weighted by Crippen LogP contribution is 2.10. The molecule has 1 radical (unpaired) electrons. The summed E-state index contributed by atoms with van der Waals surface area (Å²) >= 11 is 0. The molecule has 0 aromatic carbocycles. The topological polar surface area (TPSA) is 26.3 Å². The van der Waals surface area contributed by atoms with Crippen LogP contribution in [0.1, 0.15) is 64.7 Å². The Bertz CT molecular complexity index is 215. The van der Waals surface area contributed by atoms with Crippen LogP contribution >= 0.6 is 0 Å². The van der Waals surface area contributed by atoms with E-state index in [0.29, 0.717) is 6.61 Å². The van der Waals surface area contributed by atoms with E-state index in [1.807, 2.05) is 6.42 Å². The summed E-state index contributed by atoms with van der Waals surface area (Å²) in [6, 6.07) is 0. The van der Waals surface area contributed by atoms with E-state index in [9.17, 15) is 4.79 Å². The minimum absolute atomic E-state index is 0.172. The third-order valence-electron chi connectivity index (χ3n) is 2.67. The van der Waals surface area contributed by atoms with E-state index in [1.165, 1.54) is 45.4 Å². The number of hydrogen-bond acceptors (Lipinski definition) is 2. The van der Waals surface area contributed by atoms with Gasteiger partial charge in [-0.2, -0.15) is 0 Å². The van der Waals surface area contributed by atoms with Gasteiger partial charge in [-0.1, -0.05) is 44.9 Å². The largest absolute Gasteiger partial charge is 0.466 e. The van der Waals surface area contributed by atoms with Crippen LogP contribution in [0.2, 0.25) is 0 Å². The molecule has 0 N–H and O–H groups in total. The van der Waals surface area contributed by atoms with Gasteiger partial charge in [-0.3, -0.25) is 4.79 Å². The van der Waals surface area contributed by atoms with Gasteiger partial charge in [-0.05, 0) is 12.8 Å². The molecule has 0 amide bonds. The van der Waals surface area contributed by atoms with Crippen molar-refractivity contribution in [1.82, 2.24) is 0 Å². The fourth-order valence-corrected chi connectivity index (χ4v) is 1.71. The van der Waals surface area contributed by atoms with Gasteiger partial charge in [-0.15, -0.1) is 12.3 Å². The number of unbranched alkanes of at least 4 members (excludes halogenated alkanes) is 9. The summed E-state index contributed by atoms with van der Waals surface area (Å²) in [6.45, 7) is 2.04. The van der Waals surface area contributed by atoms with E-state index in [2.05, 4.69) is 5.92 Å². The minimum atomic E-state index is -0.172. The maximum Gasteiger partial charge on any atom is 0.302 e. The molecule has 0 aromatic rings. The highest BCUT2D eigenvalue weighted by molar-refractivity contribution is 5.65. The third kappa shape index (κ3) is 15.0. The van der Waals surface area contributed by atoms with E-state index in [0.717, 1.165) is 19.3 Å². The van der Waals surface area contributed by atoms with Gasteiger partial charge in [0.15, 0.2) is 0 Å². The van der Waals surface area contributed by atoms with Crippen LogP contribution < -0.4 is 0 Å². The third-order valence-corrected chi connectivity index (χ3v) is 2.67. The first-order valence-corrected chi connectivity index (χ1v) is 6.68. The van der Waals surface area contributed by atoms with Crippen molar-refractivity contribution in [3.8, 4) is 12.3 Å². The summed E-state index contributed by atoms with van der Waals surface area (Å²) in [5, 5.41) is 0. The summed E-state index contributed by atoms with van der Waals surface area (Å²) in [5.41, 5.74) is 0. The van der Waals surface area contributed by atoms with Crippen molar-refractivity contribution in [2.75, 3.05) is 6.61 Å². The van der Waals surface area contributed by atoms with E-state index in [-0.39, 0.29) is 5.97 Å². The maximum atomic E-state index is 10.5. The van der Waals surface area contributed by atoms with Gasteiger partial charge in [0.25, 0.3) is 0 Å². The fraction of sp³-hybridized carbons (Fsp3) is 0.733. The zero-order valence-electron chi connectivity index (χ0n) is 11.0. The number of hydrogen-bond donors (Lipinski definition) is 0. The highest BCUT2D eigenvalue weighted by Gasteiger charge is 1.94. The van der Waals surface area contributed by atoms with Gasteiger partial charge in [0.1, 0.15) is 0 Å². The molecule has 0 rings (SSSR count). The molecule has 2 nitrogen and oxygen atoms in total. The molecule has 97 valence electrons. The van der Waals surface area contributed by atoms with Crippen LogP contribution in [0.5, 0.6) is 0 Å². The van der Waals surface area contributed by atoms with Crippen LogP contribution in [0.3, 0.4) is 0 Å². The van der Waals surface area contributed by atoms with Crippen molar-refractivity contribution >= 4 is 5.97 Å². The van der Waals surface area contributed by atoms with Crippen LogP contribution in [0.25, 0.3) is 0 Å². The molecule has 0 spiro atoms. The predicted molar refractivity (Wildman–Crippen MR) is 71.3 cm³/mol. The van der Waals surface area contributed by atoms with E-state index < -0.39 is 0 Å². The second kappa shape index (κ2) is 13.1. The van der Waals surface area contributed by atoms with Crippen LogP contribution in [0, 0.1) is 18.8 Å². The van der Waals surface area contributed by atoms with Crippen LogP contribution in [0.4, 0.5) is 0 Å². The van der Waals surface area contributed by atoms with Crippen molar-refractivity contribution in [2.45, 2.75) is 64.7 Å². The normalized spacial score (nSPS) is 9.88. The molecule has 0 unspecified atom stereocenters. The van der Waals surface area contributed by atoms with Gasteiger partial charge < -0.3 is 4.74 Å². The zero-order valence-corrected chi connectivity index (χ0v) is 11.0. The lowest BCUT2D eigenvalue weighted by molar-refractivity contribution is -0.141. The maximum absolute atomic E-state index is 10.5. The number of terminal acetylenes is 1. The molecule has 0 saturated carbocycles. The summed E-state index contributed by atoms with van der Waals surface area (Å²) in [7, 11) is 0. The van der Waals surface area contributed by atoms with Crippen molar-refractivity contribution in [1.29, 1.82) is 0 Å². The Morgan fingerprint density at radius 2 is 1.59 bits per heavy atom. The monoisotopic (exact) mass is 237 g/mol. The summed E-state index contributed by atoms with van der Waals surface area (Å²) in [5.74, 6) is 2.37. The number of carbonyl (C=O) groups excluding carboxylic acids is 1. The van der Waals surface area contributed by atoms with Crippen molar-refractivity contribution in [3.63, 3.8) is 0 Å². The minimum Gasteiger partial charge on any atom is -0.466 e. The summed E-state index contributed by atoms with van der Waals surface area (Å²) < 4.78 is 4.87. The fourth-order valence-electron chi connectivity index (χ4n) is 1.71. The lowest BCUT2D eigenvalue weighted by Gasteiger charge is -2.02. The van der Waals surface area contributed by atoms with Crippen molar-refractivity contribution in [3.05, 3.63) is 6.42 Å². The Morgan fingerprint density at radius 3 is 2.12 bits per heavy atom. The Labute approximate surface area is 106 Å². The molecule has 0 aliphatic rings. The molecule has 2 heteroatoms. The first-order valence-electron chi connectivity index (χ1n) is 6.68. The Balaban J connectivity index is 2.94. The van der Waals surface area contributed by atoms with Crippen LogP contribution in [-0.2, 0) is 9.53 Å². The van der Waals surface area contributed by atoms with Crippen LogP contribution in [-0.4, -0.2) is 12.6 Å². The Hall–Kier alpha value is -0.970. The standard InChI is InChI=1S/C15H25O2/c1-3-4-5-6-7-8-9-10-11-12-13-14-17-15(2)16/h1,4H,5-14H2,2H3. The highest BCUT2D eigenvalue weighted by atomic mass is 16.5. The lowest BCUT2D eigenvalue weighted by atomic mass is 10.1. The molecule has 17 heavy (non-hydrogen) atoms. The van der Waals surface area contributed by atoms with E-state index in [1.54, 1.807) is 0 Å². The Kier molecular flexibility index (Phi) is 12.3. The lowest BCUT2D eigenvalue weighted by Crippen LogP contribution is -2.00. The molecule has 0 aromatic heterocycles. The summed E-state index contributed by atoms with van der Waals surface area (Å²) in [4.78, 5) is 10.5. The molecule has 0 atom stereocenters. The molecule has 0 fully saturated rings. The predicted octanol–water partition coefficient (Wildman–Crippen LogP) is 3.90. The first-order chi connectivity index (χ1) is 8.27. The van der Waals surface area contributed by atoms with Crippen LogP contribution in [0.15, 0.2) is 0 Å².